The van der Waals surface area contributed by atoms with Crippen molar-refractivity contribution in [2.45, 2.75) is 6.92 Å². The highest BCUT2D eigenvalue weighted by Crippen LogP contribution is 2.30. The minimum atomic E-state index is -1.10. The van der Waals surface area contributed by atoms with Crippen LogP contribution in [-0.4, -0.2) is 25.8 Å². The average Bonchev–Trinajstić information content (AvgIpc) is 3.07. The number of nitrogens with zero attached hydrogens (tertiary/aromatic N) is 3. The molecule has 1 aromatic carbocycles. The first kappa shape index (κ1) is 13.3. The van der Waals surface area contributed by atoms with Gasteiger partial charge in [-0.25, -0.2) is 9.78 Å². The molecule has 0 aliphatic rings. The van der Waals surface area contributed by atoms with Gasteiger partial charge in [0.2, 0.25) is 5.88 Å². The number of thiazole rings is 1. The molecule has 3 aromatic rings. The lowest BCUT2D eigenvalue weighted by atomic mass is 10.3. The standard InChI is InChI=1S/C14H11N3O3S/c1-9-8-21-14(16-9)20-12-11(13(18)19)7-15-17(12)10-5-3-2-4-6-10/h2-8H,1H3,(H,18,19). The number of hydrogen-bond donors (Lipinski definition) is 1. The molecule has 0 amide bonds. The SMILES string of the molecule is Cc1csc(Oc2c(C(=O)O)cnn2-c2ccccc2)n1. The minimum Gasteiger partial charge on any atom is -0.477 e. The largest absolute Gasteiger partial charge is 0.477 e. The Bertz CT molecular complexity index is 780. The molecule has 7 heteroatoms. The first-order valence-corrected chi connectivity index (χ1v) is 7.00. The molecule has 0 atom stereocenters. The molecule has 0 aliphatic carbocycles. The van der Waals surface area contributed by atoms with Gasteiger partial charge in [0.25, 0.3) is 5.19 Å². The molecule has 2 aromatic heterocycles. The van der Waals surface area contributed by atoms with Crippen LogP contribution >= 0.6 is 11.3 Å². The Balaban J connectivity index is 2.07. The third-order valence-corrected chi connectivity index (χ3v) is 3.57. The number of benzene rings is 1. The van der Waals surface area contributed by atoms with Gasteiger partial charge < -0.3 is 9.84 Å². The van der Waals surface area contributed by atoms with Crippen molar-refractivity contribution in [3.8, 4) is 16.8 Å². The van der Waals surface area contributed by atoms with Crippen LogP contribution in [0, 0.1) is 6.92 Å². The summed E-state index contributed by atoms with van der Waals surface area (Å²) in [7, 11) is 0. The van der Waals surface area contributed by atoms with Crippen molar-refractivity contribution in [1.82, 2.24) is 14.8 Å². The van der Waals surface area contributed by atoms with Crippen LogP contribution in [0.25, 0.3) is 5.69 Å². The number of rotatable bonds is 4. The summed E-state index contributed by atoms with van der Waals surface area (Å²) >= 11 is 1.30. The van der Waals surface area contributed by atoms with E-state index in [1.807, 2.05) is 42.6 Å². The van der Waals surface area contributed by atoms with Crippen LogP contribution in [0.1, 0.15) is 16.1 Å². The van der Waals surface area contributed by atoms with Gasteiger partial charge in [-0.1, -0.05) is 29.5 Å². The number of carbonyl (C=O) groups is 1. The van der Waals surface area contributed by atoms with E-state index in [0.29, 0.717) is 10.9 Å². The molecule has 0 spiro atoms. The second-order valence-corrected chi connectivity index (χ2v) is 5.09. The van der Waals surface area contributed by atoms with Crippen molar-refractivity contribution < 1.29 is 14.6 Å². The van der Waals surface area contributed by atoms with E-state index in [-0.39, 0.29) is 11.4 Å². The fraction of sp³-hybridized carbons (Fsp3) is 0.0714. The minimum absolute atomic E-state index is 0.00768. The summed E-state index contributed by atoms with van der Waals surface area (Å²) in [5.41, 5.74) is 1.53. The highest BCUT2D eigenvalue weighted by atomic mass is 32.1. The summed E-state index contributed by atoms with van der Waals surface area (Å²) in [6.45, 7) is 1.84. The normalized spacial score (nSPS) is 10.5. The van der Waals surface area contributed by atoms with Gasteiger partial charge >= 0.3 is 5.97 Å². The molecule has 2 heterocycles. The Morgan fingerprint density at radius 2 is 2.10 bits per heavy atom. The number of aryl methyl sites for hydroxylation is 1. The number of ether oxygens (including phenoxy) is 1. The lowest BCUT2D eigenvalue weighted by molar-refractivity contribution is 0.0694. The number of carboxylic acid groups (broad SMARTS) is 1. The second-order valence-electron chi connectivity index (χ2n) is 4.27. The van der Waals surface area contributed by atoms with Crippen LogP contribution in [0.4, 0.5) is 0 Å². The fourth-order valence-corrected chi connectivity index (χ4v) is 2.45. The van der Waals surface area contributed by atoms with Crippen molar-refractivity contribution in [2.24, 2.45) is 0 Å². The van der Waals surface area contributed by atoms with Gasteiger partial charge in [0.05, 0.1) is 17.6 Å². The third kappa shape index (κ3) is 2.63. The Morgan fingerprint density at radius 3 is 2.71 bits per heavy atom. The summed E-state index contributed by atoms with van der Waals surface area (Å²) in [6, 6.07) is 9.19. The highest BCUT2D eigenvalue weighted by Gasteiger charge is 2.21. The third-order valence-electron chi connectivity index (χ3n) is 2.74. The topological polar surface area (TPSA) is 77.2 Å². The maximum Gasteiger partial charge on any atom is 0.342 e. The van der Waals surface area contributed by atoms with Gasteiger partial charge in [-0.2, -0.15) is 9.78 Å². The predicted octanol–water partition coefficient (Wildman–Crippen LogP) is 3.13. The van der Waals surface area contributed by atoms with Crippen LogP contribution in [0.5, 0.6) is 11.1 Å². The Kier molecular flexibility index (Phi) is 3.41. The van der Waals surface area contributed by atoms with Crippen LogP contribution in [0.15, 0.2) is 41.9 Å². The Hall–Kier alpha value is -2.67. The van der Waals surface area contributed by atoms with Crippen LogP contribution in [0.2, 0.25) is 0 Å². The first-order chi connectivity index (χ1) is 10.1. The van der Waals surface area contributed by atoms with E-state index in [2.05, 4.69) is 10.1 Å². The van der Waals surface area contributed by atoms with Crippen molar-refractivity contribution >= 4 is 17.3 Å². The van der Waals surface area contributed by atoms with Crippen LogP contribution in [0.3, 0.4) is 0 Å². The van der Waals surface area contributed by atoms with Crippen molar-refractivity contribution in [1.29, 1.82) is 0 Å². The Labute approximate surface area is 124 Å². The van der Waals surface area contributed by atoms with E-state index in [1.54, 1.807) is 0 Å². The van der Waals surface area contributed by atoms with E-state index in [0.717, 1.165) is 5.69 Å². The van der Waals surface area contributed by atoms with Crippen molar-refractivity contribution in [3.63, 3.8) is 0 Å². The van der Waals surface area contributed by atoms with Gasteiger partial charge in [0, 0.05) is 5.38 Å². The molecule has 0 unspecified atom stereocenters. The lowest BCUT2D eigenvalue weighted by Crippen LogP contribution is -2.03. The number of carboxylic acids is 1. The highest BCUT2D eigenvalue weighted by molar-refractivity contribution is 7.11. The number of hydrogen-bond acceptors (Lipinski definition) is 5. The molecule has 0 saturated heterocycles. The number of para-hydroxylation sites is 1. The second kappa shape index (κ2) is 5.37. The Morgan fingerprint density at radius 1 is 1.33 bits per heavy atom. The first-order valence-electron chi connectivity index (χ1n) is 6.12. The van der Waals surface area contributed by atoms with E-state index in [1.165, 1.54) is 22.2 Å². The van der Waals surface area contributed by atoms with Gasteiger partial charge in [-0.15, -0.1) is 0 Å². The molecule has 21 heavy (non-hydrogen) atoms. The quantitative estimate of drug-likeness (QED) is 0.801. The number of aromatic carboxylic acids is 1. The fourth-order valence-electron chi connectivity index (χ4n) is 1.80. The molecule has 1 N–H and O–H groups in total. The number of aromatic nitrogens is 3. The monoisotopic (exact) mass is 301 g/mol. The van der Waals surface area contributed by atoms with E-state index in [9.17, 15) is 9.90 Å². The zero-order valence-electron chi connectivity index (χ0n) is 11.1. The van der Waals surface area contributed by atoms with Crippen molar-refractivity contribution in [3.05, 3.63) is 53.2 Å². The molecule has 0 aliphatic heterocycles. The molecule has 0 radical (unpaired) electrons. The molecule has 0 fully saturated rings. The summed E-state index contributed by atoms with van der Waals surface area (Å²) in [5.74, 6) is -0.955. The van der Waals surface area contributed by atoms with Gasteiger partial charge in [-0.3, -0.25) is 0 Å². The van der Waals surface area contributed by atoms with E-state index in [4.69, 9.17) is 4.74 Å². The van der Waals surface area contributed by atoms with Gasteiger partial charge in [-0.05, 0) is 19.1 Å². The van der Waals surface area contributed by atoms with Gasteiger partial charge in [0.1, 0.15) is 5.56 Å². The van der Waals surface area contributed by atoms with Gasteiger partial charge in [0.15, 0.2) is 0 Å². The molecular formula is C14H11N3O3S. The lowest BCUT2D eigenvalue weighted by Gasteiger charge is -2.07. The summed E-state index contributed by atoms with van der Waals surface area (Å²) < 4.78 is 7.09. The molecule has 0 saturated carbocycles. The zero-order valence-corrected chi connectivity index (χ0v) is 11.9. The smallest absolute Gasteiger partial charge is 0.342 e. The van der Waals surface area contributed by atoms with Crippen LogP contribution in [-0.2, 0) is 0 Å². The predicted molar refractivity (Wildman–Crippen MR) is 77.4 cm³/mol. The van der Waals surface area contributed by atoms with E-state index < -0.39 is 5.97 Å². The maximum absolute atomic E-state index is 11.3. The summed E-state index contributed by atoms with van der Waals surface area (Å²) in [5, 5.41) is 15.6. The molecule has 6 nitrogen and oxygen atoms in total. The molecular weight excluding hydrogens is 290 g/mol. The summed E-state index contributed by atoms with van der Waals surface area (Å²) in [4.78, 5) is 15.5. The molecule has 106 valence electrons. The molecule has 0 bridgehead atoms. The van der Waals surface area contributed by atoms with E-state index >= 15 is 0 Å². The summed E-state index contributed by atoms with van der Waals surface area (Å²) in [6.07, 6.45) is 1.27. The van der Waals surface area contributed by atoms with Crippen LogP contribution < -0.4 is 4.74 Å². The molecule has 3 rings (SSSR count). The average molecular weight is 301 g/mol. The zero-order chi connectivity index (χ0) is 14.8. The van der Waals surface area contributed by atoms with Crippen molar-refractivity contribution in [2.75, 3.05) is 0 Å². The maximum atomic E-state index is 11.3.